The van der Waals surface area contributed by atoms with Gasteiger partial charge in [0.25, 0.3) is 0 Å². The molecular weight excluding hydrogens is 600 g/mol. The smallest absolute Gasteiger partial charge is 0.0541 e. The fourth-order valence-electron chi connectivity index (χ4n) is 7.10. The second kappa shape index (κ2) is 10.7. The number of halogens is 1. The number of nitrogens with zero attached hydrogens (tertiary/aromatic N) is 2. The van der Waals surface area contributed by atoms with Crippen LogP contribution in [0, 0.1) is 5.92 Å². The summed E-state index contributed by atoms with van der Waals surface area (Å²) in [6.07, 6.45) is 8.07. The number of benzene rings is 5. The van der Waals surface area contributed by atoms with E-state index in [1.807, 2.05) is 0 Å². The van der Waals surface area contributed by atoms with E-state index in [4.69, 9.17) is 0 Å². The van der Waals surface area contributed by atoms with E-state index in [1.165, 1.54) is 66.0 Å². The maximum Gasteiger partial charge on any atom is 0.0541 e. The van der Waals surface area contributed by atoms with Crippen LogP contribution >= 0.6 is 15.9 Å². The average molecular weight is 636 g/mol. The molecule has 0 amide bonds. The van der Waals surface area contributed by atoms with Crippen LogP contribution in [0.1, 0.15) is 44.7 Å². The topological polar surface area (TPSA) is 9.86 Å². The number of para-hydroxylation sites is 1. The number of fused-ring (bicyclic) bond motifs is 6. The minimum atomic E-state index is 0.399. The van der Waals surface area contributed by atoms with Crippen LogP contribution in [0.3, 0.4) is 0 Å². The van der Waals surface area contributed by atoms with Gasteiger partial charge in [-0.3, -0.25) is 0 Å². The Balaban J connectivity index is 1.25. The predicted octanol–water partition coefficient (Wildman–Crippen LogP) is 12.1. The van der Waals surface area contributed by atoms with Gasteiger partial charge in [-0.2, -0.15) is 0 Å². The lowest BCUT2D eigenvalue weighted by atomic mass is 9.92. The van der Waals surface area contributed by atoms with E-state index in [2.05, 4.69) is 173 Å². The van der Waals surface area contributed by atoms with E-state index in [9.17, 15) is 0 Å². The number of aromatic nitrogens is 2. The molecule has 1 aliphatic carbocycles. The Kier molecular flexibility index (Phi) is 6.61. The Bertz CT molecular complexity index is 2260. The van der Waals surface area contributed by atoms with Gasteiger partial charge in [0, 0.05) is 54.7 Å². The predicted molar refractivity (Wildman–Crippen MR) is 192 cm³/mol. The molecule has 3 heteroatoms. The van der Waals surface area contributed by atoms with Crippen molar-refractivity contribution in [3.8, 4) is 11.1 Å². The third-order valence-corrected chi connectivity index (χ3v) is 10.2. The molecule has 0 radical (unpaired) electrons. The van der Waals surface area contributed by atoms with Crippen LogP contribution in [-0.4, -0.2) is 9.13 Å². The maximum absolute atomic E-state index is 3.74. The highest BCUT2D eigenvalue weighted by Gasteiger charge is 2.20. The molecule has 44 heavy (non-hydrogen) atoms. The van der Waals surface area contributed by atoms with Crippen molar-refractivity contribution in [1.82, 2.24) is 9.13 Å². The Labute approximate surface area is 267 Å². The summed E-state index contributed by atoms with van der Waals surface area (Å²) in [5.41, 5.74) is 10.2. The first-order valence-corrected chi connectivity index (χ1v) is 16.5. The van der Waals surface area contributed by atoms with Crippen LogP contribution in [0.4, 0.5) is 0 Å². The van der Waals surface area contributed by atoms with Gasteiger partial charge in [0.1, 0.15) is 0 Å². The third kappa shape index (κ3) is 4.37. The molecule has 2 unspecified atom stereocenters. The molecule has 8 rings (SSSR count). The lowest BCUT2D eigenvalue weighted by Crippen LogP contribution is -2.11. The summed E-state index contributed by atoms with van der Waals surface area (Å²) in [7, 11) is 0. The van der Waals surface area contributed by atoms with E-state index in [-0.39, 0.29) is 0 Å². The SMILES string of the molecule is CC(C)C(C)n1c2ccc(Br)cc2c2cc(-c3ccc4c(c3)c3ccccc3n4C3=CCC(c4ccccc4)C=C3)ccc21. The van der Waals surface area contributed by atoms with Gasteiger partial charge in [-0.1, -0.05) is 103 Å². The van der Waals surface area contributed by atoms with E-state index in [0.29, 0.717) is 17.9 Å². The monoisotopic (exact) mass is 634 g/mol. The van der Waals surface area contributed by atoms with Crippen molar-refractivity contribution in [1.29, 1.82) is 0 Å². The first-order chi connectivity index (χ1) is 21.5. The van der Waals surface area contributed by atoms with Crippen LogP contribution in [0.25, 0.3) is 60.4 Å². The fraction of sp³-hybridized carbons (Fsp3) is 0.171. The molecule has 0 bridgehead atoms. The molecule has 0 N–H and O–H groups in total. The highest BCUT2D eigenvalue weighted by atomic mass is 79.9. The molecule has 0 saturated carbocycles. The molecule has 0 saturated heterocycles. The minimum Gasteiger partial charge on any atom is -0.337 e. The van der Waals surface area contributed by atoms with Gasteiger partial charge in [-0.15, -0.1) is 0 Å². The highest BCUT2D eigenvalue weighted by molar-refractivity contribution is 9.10. The van der Waals surface area contributed by atoms with Crippen molar-refractivity contribution in [3.63, 3.8) is 0 Å². The number of hydrogen-bond acceptors (Lipinski definition) is 0. The number of hydrogen-bond donors (Lipinski definition) is 0. The Hall–Kier alpha value is -4.34. The van der Waals surface area contributed by atoms with Crippen molar-refractivity contribution < 1.29 is 0 Å². The minimum absolute atomic E-state index is 0.399. The molecule has 2 atom stereocenters. The van der Waals surface area contributed by atoms with E-state index < -0.39 is 0 Å². The quantitative estimate of drug-likeness (QED) is 0.178. The average Bonchev–Trinajstić information content (AvgIpc) is 3.56. The normalized spacial score (nSPS) is 16.0. The van der Waals surface area contributed by atoms with Crippen molar-refractivity contribution in [3.05, 3.63) is 137 Å². The molecule has 0 fully saturated rings. The highest BCUT2D eigenvalue weighted by Crippen LogP contribution is 2.40. The molecule has 7 aromatic rings. The molecule has 2 aromatic heterocycles. The Morgan fingerprint density at radius 1 is 0.636 bits per heavy atom. The molecule has 1 aliphatic rings. The van der Waals surface area contributed by atoms with Crippen LogP contribution in [0.2, 0.25) is 0 Å². The van der Waals surface area contributed by atoms with Crippen molar-refractivity contribution >= 4 is 65.2 Å². The standard InChI is InChI=1S/C41H35BrN2/c1-26(2)27(3)43-39-20-15-31(24-36(39)37-25-32(42)17-22-40(37)43)30-16-21-41-35(23-30)34-11-7-8-12-38(34)44(41)33-18-13-29(14-19-33)28-9-5-4-6-10-28/h4-13,15-27,29H,14H2,1-3H3. The summed E-state index contributed by atoms with van der Waals surface area (Å²) in [5, 5.41) is 5.18. The van der Waals surface area contributed by atoms with Crippen molar-refractivity contribution in [2.75, 3.05) is 0 Å². The summed E-state index contributed by atoms with van der Waals surface area (Å²) < 4.78 is 6.08. The Morgan fingerprint density at radius 3 is 1.95 bits per heavy atom. The molecule has 0 spiro atoms. The zero-order valence-electron chi connectivity index (χ0n) is 25.3. The van der Waals surface area contributed by atoms with Gasteiger partial charge in [-0.05, 0) is 90.6 Å². The Morgan fingerprint density at radius 2 is 1.25 bits per heavy atom. The number of allylic oxidation sites excluding steroid dienone is 4. The lowest BCUT2D eigenvalue weighted by Gasteiger charge is -2.20. The van der Waals surface area contributed by atoms with Gasteiger partial charge in [0.05, 0.1) is 11.0 Å². The van der Waals surface area contributed by atoms with Gasteiger partial charge in [-0.25, -0.2) is 0 Å². The molecule has 0 aliphatic heterocycles. The lowest BCUT2D eigenvalue weighted by molar-refractivity contribution is 0.427. The largest absolute Gasteiger partial charge is 0.337 e. The molecule has 2 heterocycles. The van der Waals surface area contributed by atoms with Gasteiger partial charge >= 0.3 is 0 Å². The van der Waals surface area contributed by atoms with Gasteiger partial charge in [0.15, 0.2) is 0 Å². The molecule has 5 aromatic carbocycles. The van der Waals surface area contributed by atoms with Gasteiger partial charge < -0.3 is 9.13 Å². The second-order valence-electron chi connectivity index (χ2n) is 12.6. The number of rotatable bonds is 5. The van der Waals surface area contributed by atoms with Crippen LogP contribution in [-0.2, 0) is 0 Å². The van der Waals surface area contributed by atoms with Crippen molar-refractivity contribution in [2.45, 2.75) is 39.2 Å². The zero-order chi connectivity index (χ0) is 29.9. The fourth-order valence-corrected chi connectivity index (χ4v) is 7.46. The van der Waals surface area contributed by atoms with Gasteiger partial charge in [0.2, 0.25) is 0 Å². The summed E-state index contributed by atoms with van der Waals surface area (Å²) in [4.78, 5) is 0. The van der Waals surface area contributed by atoms with Crippen LogP contribution in [0.15, 0.2) is 132 Å². The zero-order valence-corrected chi connectivity index (χ0v) is 26.9. The summed E-state index contributed by atoms with van der Waals surface area (Å²) in [5.74, 6) is 0.958. The van der Waals surface area contributed by atoms with Crippen molar-refractivity contribution in [2.24, 2.45) is 5.92 Å². The molecule has 2 nitrogen and oxygen atoms in total. The molecule has 216 valence electrons. The van der Waals surface area contributed by atoms with E-state index in [0.717, 1.165) is 10.9 Å². The van der Waals surface area contributed by atoms with Crippen LogP contribution < -0.4 is 0 Å². The van der Waals surface area contributed by atoms with E-state index in [1.54, 1.807) is 0 Å². The second-order valence-corrected chi connectivity index (χ2v) is 13.5. The summed E-state index contributed by atoms with van der Waals surface area (Å²) >= 11 is 3.74. The first-order valence-electron chi connectivity index (χ1n) is 15.7. The molecular formula is C41H35BrN2. The summed E-state index contributed by atoms with van der Waals surface area (Å²) in [6, 6.07) is 40.8. The summed E-state index contributed by atoms with van der Waals surface area (Å²) in [6.45, 7) is 6.95. The maximum atomic E-state index is 3.74. The first kappa shape index (κ1) is 27.2. The van der Waals surface area contributed by atoms with E-state index >= 15 is 0 Å². The van der Waals surface area contributed by atoms with Crippen LogP contribution in [0.5, 0.6) is 0 Å². The third-order valence-electron chi connectivity index (χ3n) is 9.71.